The highest BCUT2D eigenvalue weighted by Crippen LogP contribution is 2.63. The summed E-state index contributed by atoms with van der Waals surface area (Å²) in [5.74, 6) is 0. The Balaban J connectivity index is 1.62. The second kappa shape index (κ2) is 4.98. The van der Waals surface area contributed by atoms with Crippen LogP contribution in [0.3, 0.4) is 0 Å². The Kier molecular flexibility index (Phi) is 3.18. The molecule has 2 fully saturated rings. The lowest BCUT2D eigenvalue weighted by molar-refractivity contribution is 0.282. The first kappa shape index (κ1) is 14.1. The van der Waals surface area contributed by atoms with E-state index in [1.165, 1.54) is 55.2 Å². The minimum atomic E-state index is 0.502. The summed E-state index contributed by atoms with van der Waals surface area (Å²) in [5, 5.41) is 0. The van der Waals surface area contributed by atoms with Crippen molar-refractivity contribution in [1.29, 1.82) is 0 Å². The van der Waals surface area contributed by atoms with E-state index in [2.05, 4.69) is 62.4 Å². The summed E-state index contributed by atoms with van der Waals surface area (Å²) < 4.78 is 0. The Labute approximate surface area is 134 Å². The van der Waals surface area contributed by atoms with E-state index in [1.54, 1.807) is 5.56 Å². The van der Waals surface area contributed by atoms with Crippen LogP contribution < -0.4 is 0 Å². The van der Waals surface area contributed by atoms with Gasteiger partial charge < -0.3 is 0 Å². The van der Waals surface area contributed by atoms with E-state index >= 15 is 0 Å². The molecule has 114 valence electrons. The fourth-order valence-corrected chi connectivity index (χ4v) is 4.96. The minimum Gasteiger partial charge on any atom is -0.0649 e. The third kappa shape index (κ3) is 2.12. The molecule has 2 saturated carbocycles. The summed E-state index contributed by atoms with van der Waals surface area (Å²) >= 11 is 0. The SMILES string of the molecule is CCC12CCC(c3ccc(-c4ccc(C)cc4)cc3)(CC1)C2. The number of hydrogen-bond donors (Lipinski definition) is 0. The van der Waals surface area contributed by atoms with E-state index in [9.17, 15) is 0 Å². The zero-order chi connectivity index (χ0) is 15.2. The van der Waals surface area contributed by atoms with E-state index < -0.39 is 0 Å². The van der Waals surface area contributed by atoms with E-state index in [-0.39, 0.29) is 0 Å². The molecule has 2 aromatic rings. The molecule has 0 spiro atoms. The molecule has 0 N–H and O–H groups in total. The highest BCUT2D eigenvalue weighted by atomic mass is 14.6. The lowest BCUT2D eigenvalue weighted by Gasteiger charge is -2.28. The molecule has 4 rings (SSSR count). The molecule has 0 heterocycles. The van der Waals surface area contributed by atoms with Crippen LogP contribution in [-0.4, -0.2) is 0 Å². The van der Waals surface area contributed by atoms with Gasteiger partial charge >= 0.3 is 0 Å². The second-order valence-corrected chi connectivity index (χ2v) is 7.75. The van der Waals surface area contributed by atoms with E-state index in [0.29, 0.717) is 10.8 Å². The smallest absolute Gasteiger partial charge is 0.00413 e. The fraction of sp³-hybridized carbons (Fsp3) is 0.455. The first-order valence-corrected chi connectivity index (χ1v) is 8.82. The summed E-state index contributed by atoms with van der Waals surface area (Å²) in [6, 6.07) is 18.3. The Bertz CT molecular complexity index is 652. The maximum Gasteiger partial charge on any atom is -0.00413 e. The quantitative estimate of drug-likeness (QED) is 0.624. The fourth-order valence-electron chi connectivity index (χ4n) is 4.96. The highest BCUT2D eigenvalue weighted by Gasteiger charge is 2.53. The number of benzene rings is 2. The third-order valence-corrected chi connectivity index (χ3v) is 6.61. The van der Waals surface area contributed by atoms with Gasteiger partial charge in [-0.2, -0.15) is 0 Å². The van der Waals surface area contributed by atoms with Gasteiger partial charge in [-0.25, -0.2) is 0 Å². The maximum atomic E-state index is 2.41. The third-order valence-electron chi connectivity index (χ3n) is 6.61. The van der Waals surface area contributed by atoms with Crippen molar-refractivity contribution in [3.63, 3.8) is 0 Å². The van der Waals surface area contributed by atoms with Crippen molar-refractivity contribution in [2.45, 2.75) is 57.8 Å². The average Bonchev–Trinajstić information content (AvgIpc) is 3.14. The van der Waals surface area contributed by atoms with Gasteiger partial charge in [0.15, 0.2) is 0 Å². The highest BCUT2D eigenvalue weighted by molar-refractivity contribution is 5.64. The van der Waals surface area contributed by atoms with Gasteiger partial charge in [0.05, 0.1) is 0 Å². The van der Waals surface area contributed by atoms with Crippen molar-refractivity contribution in [3.8, 4) is 11.1 Å². The maximum absolute atomic E-state index is 2.41. The Morgan fingerprint density at radius 3 is 1.82 bits per heavy atom. The number of aryl methyl sites for hydroxylation is 1. The first-order chi connectivity index (χ1) is 10.6. The summed E-state index contributed by atoms with van der Waals surface area (Å²) in [6.07, 6.45) is 8.51. The lowest BCUT2D eigenvalue weighted by Crippen LogP contribution is -2.19. The van der Waals surface area contributed by atoms with E-state index in [0.717, 1.165) is 0 Å². The largest absolute Gasteiger partial charge is 0.0649 e. The van der Waals surface area contributed by atoms with E-state index in [1.807, 2.05) is 0 Å². The number of hydrogen-bond acceptors (Lipinski definition) is 0. The summed E-state index contributed by atoms with van der Waals surface area (Å²) in [6.45, 7) is 4.54. The molecular weight excluding hydrogens is 264 g/mol. The molecule has 2 aromatic carbocycles. The van der Waals surface area contributed by atoms with Crippen molar-refractivity contribution in [1.82, 2.24) is 0 Å². The molecule has 0 aliphatic heterocycles. The molecular formula is C22H26. The van der Waals surface area contributed by atoms with Gasteiger partial charge in [0.25, 0.3) is 0 Å². The van der Waals surface area contributed by atoms with Gasteiger partial charge in [-0.15, -0.1) is 0 Å². The zero-order valence-electron chi connectivity index (χ0n) is 13.9. The van der Waals surface area contributed by atoms with Gasteiger partial charge in [-0.1, -0.05) is 67.4 Å². The molecule has 0 atom stereocenters. The summed E-state index contributed by atoms with van der Waals surface area (Å²) in [4.78, 5) is 0. The monoisotopic (exact) mass is 290 g/mol. The lowest BCUT2D eigenvalue weighted by atomic mass is 9.77. The van der Waals surface area contributed by atoms with Crippen LogP contribution in [0.1, 0.15) is 56.6 Å². The van der Waals surface area contributed by atoms with Crippen LogP contribution in [0.25, 0.3) is 11.1 Å². The van der Waals surface area contributed by atoms with Crippen molar-refractivity contribution in [3.05, 3.63) is 59.7 Å². The molecule has 0 amide bonds. The number of fused-ring (bicyclic) bond motifs is 2. The molecule has 0 aromatic heterocycles. The van der Waals surface area contributed by atoms with Gasteiger partial charge in [0.1, 0.15) is 0 Å². The zero-order valence-corrected chi connectivity index (χ0v) is 13.9. The predicted octanol–water partition coefficient (Wildman–Crippen LogP) is 6.27. The first-order valence-electron chi connectivity index (χ1n) is 8.82. The second-order valence-electron chi connectivity index (χ2n) is 7.75. The molecule has 0 unspecified atom stereocenters. The summed E-state index contributed by atoms with van der Waals surface area (Å²) in [5.41, 5.74) is 6.77. The Morgan fingerprint density at radius 1 is 0.773 bits per heavy atom. The van der Waals surface area contributed by atoms with E-state index in [4.69, 9.17) is 0 Å². The molecule has 2 bridgehead atoms. The van der Waals surface area contributed by atoms with Crippen LogP contribution in [0.5, 0.6) is 0 Å². The average molecular weight is 290 g/mol. The molecule has 2 aliphatic carbocycles. The molecule has 0 radical (unpaired) electrons. The predicted molar refractivity (Wildman–Crippen MR) is 94.1 cm³/mol. The minimum absolute atomic E-state index is 0.502. The topological polar surface area (TPSA) is 0 Å². The van der Waals surface area contributed by atoms with Gasteiger partial charge in [0, 0.05) is 0 Å². The molecule has 0 heteroatoms. The number of rotatable bonds is 3. The Morgan fingerprint density at radius 2 is 1.32 bits per heavy atom. The van der Waals surface area contributed by atoms with Crippen molar-refractivity contribution >= 4 is 0 Å². The molecule has 2 aliphatic rings. The molecule has 0 nitrogen and oxygen atoms in total. The molecule has 0 saturated heterocycles. The van der Waals surface area contributed by atoms with Crippen LogP contribution in [0.15, 0.2) is 48.5 Å². The van der Waals surface area contributed by atoms with Gasteiger partial charge in [-0.05, 0) is 66.5 Å². The van der Waals surface area contributed by atoms with Crippen LogP contribution in [0.2, 0.25) is 0 Å². The summed E-state index contributed by atoms with van der Waals surface area (Å²) in [7, 11) is 0. The normalized spacial score (nSPS) is 29.9. The van der Waals surface area contributed by atoms with Gasteiger partial charge in [-0.3, -0.25) is 0 Å². The molecule has 22 heavy (non-hydrogen) atoms. The van der Waals surface area contributed by atoms with Crippen LogP contribution >= 0.6 is 0 Å². The van der Waals surface area contributed by atoms with Crippen LogP contribution in [0.4, 0.5) is 0 Å². The van der Waals surface area contributed by atoms with Crippen LogP contribution in [-0.2, 0) is 5.41 Å². The van der Waals surface area contributed by atoms with Crippen LogP contribution in [0, 0.1) is 12.3 Å². The van der Waals surface area contributed by atoms with Crippen molar-refractivity contribution in [2.75, 3.05) is 0 Å². The van der Waals surface area contributed by atoms with Crippen molar-refractivity contribution in [2.24, 2.45) is 5.41 Å². The Hall–Kier alpha value is -1.56. The standard InChI is InChI=1S/C22H26/c1-3-21-12-14-22(16-21,15-13-21)20-10-8-19(9-11-20)18-6-4-17(2)5-7-18/h4-11H,3,12-16H2,1-2H3. The van der Waals surface area contributed by atoms with Gasteiger partial charge in [0.2, 0.25) is 0 Å². The van der Waals surface area contributed by atoms with Crippen molar-refractivity contribution < 1.29 is 0 Å².